The first-order valence-corrected chi connectivity index (χ1v) is 7.56. The van der Waals surface area contributed by atoms with Crippen LogP contribution in [-0.4, -0.2) is 25.1 Å². The Labute approximate surface area is 145 Å². The topological polar surface area (TPSA) is 53.6 Å². The molecule has 118 valence electrons. The van der Waals surface area contributed by atoms with E-state index in [2.05, 4.69) is 53.3 Å². The quantitative estimate of drug-likeness (QED) is 0.462. The monoisotopic (exact) mass is 402 g/mol. The number of para-hydroxylation sites is 1. The maximum absolute atomic E-state index is 5.88. The highest BCUT2D eigenvalue weighted by Gasteiger charge is 2.13. The second kappa shape index (κ2) is 9.12. The molecule has 1 aromatic rings. The molecule has 0 aromatic heterocycles. The van der Waals surface area contributed by atoms with Gasteiger partial charge in [-0.1, -0.05) is 18.2 Å². The molecule has 1 aliphatic rings. The Hall–Kier alpha value is -0.980. The van der Waals surface area contributed by atoms with Crippen LogP contribution < -0.4 is 16.0 Å². The van der Waals surface area contributed by atoms with Crippen molar-refractivity contribution in [2.24, 2.45) is 10.7 Å². The van der Waals surface area contributed by atoms with E-state index in [-0.39, 0.29) is 24.0 Å². The fourth-order valence-electron chi connectivity index (χ4n) is 2.60. The van der Waals surface area contributed by atoms with E-state index in [0.717, 1.165) is 13.1 Å². The van der Waals surface area contributed by atoms with Gasteiger partial charge in [0.2, 0.25) is 0 Å². The normalized spacial score (nSPS) is 15.8. The molecule has 0 saturated carbocycles. The third-order valence-corrected chi connectivity index (χ3v) is 3.54. The maximum Gasteiger partial charge on any atom is 0.189 e. The predicted octanol–water partition coefficient (Wildman–Crippen LogP) is 3.11. The fraction of sp³-hybridized carbons (Fsp3) is 0.562. The van der Waals surface area contributed by atoms with E-state index in [1.165, 1.54) is 30.5 Å². The summed E-state index contributed by atoms with van der Waals surface area (Å²) in [5.41, 5.74) is 8.44. The molecule has 0 unspecified atom stereocenters. The highest BCUT2D eigenvalue weighted by atomic mass is 127. The number of benzene rings is 1. The summed E-state index contributed by atoms with van der Waals surface area (Å²) in [7, 11) is 0. The summed E-state index contributed by atoms with van der Waals surface area (Å²) in [6.07, 6.45) is 3.92. The molecule has 0 aliphatic carbocycles. The summed E-state index contributed by atoms with van der Waals surface area (Å²) in [5.74, 6) is 0.522. The van der Waals surface area contributed by atoms with Crippen LogP contribution in [0.3, 0.4) is 0 Å². The van der Waals surface area contributed by atoms with Crippen molar-refractivity contribution in [3.8, 4) is 0 Å². The maximum atomic E-state index is 5.88. The van der Waals surface area contributed by atoms with Gasteiger partial charge in [0.25, 0.3) is 0 Å². The molecule has 1 fully saturated rings. The third kappa shape index (κ3) is 5.73. The minimum Gasteiger partial charge on any atom is -0.371 e. The van der Waals surface area contributed by atoms with Crippen LogP contribution in [0, 0.1) is 0 Å². The van der Waals surface area contributed by atoms with Gasteiger partial charge < -0.3 is 16.0 Å². The average molecular weight is 402 g/mol. The molecule has 0 radical (unpaired) electrons. The predicted molar refractivity (Wildman–Crippen MR) is 102 cm³/mol. The Bertz CT molecular complexity index is 453. The number of nitrogens with one attached hydrogen (secondary N) is 1. The van der Waals surface area contributed by atoms with Gasteiger partial charge in [-0.15, -0.1) is 24.0 Å². The van der Waals surface area contributed by atoms with Gasteiger partial charge in [-0.25, -0.2) is 4.99 Å². The zero-order valence-electron chi connectivity index (χ0n) is 13.0. The number of piperidine rings is 1. The number of hydrogen-bond acceptors (Lipinski definition) is 2. The zero-order chi connectivity index (χ0) is 14.4. The van der Waals surface area contributed by atoms with Crippen molar-refractivity contribution >= 4 is 35.6 Å². The van der Waals surface area contributed by atoms with E-state index < -0.39 is 0 Å². The molecular weight excluding hydrogens is 375 g/mol. The van der Waals surface area contributed by atoms with Crippen LogP contribution in [0.25, 0.3) is 0 Å². The Morgan fingerprint density at radius 2 is 1.90 bits per heavy atom. The van der Waals surface area contributed by atoms with Crippen molar-refractivity contribution in [2.45, 2.75) is 45.7 Å². The Morgan fingerprint density at radius 1 is 1.24 bits per heavy atom. The number of hydrogen-bond donors (Lipinski definition) is 2. The van der Waals surface area contributed by atoms with Gasteiger partial charge in [0, 0.05) is 24.8 Å². The van der Waals surface area contributed by atoms with Crippen LogP contribution in [0.4, 0.5) is 5.69 Å². The molecule has 1 aliphatic heterocycles. The molecular formula is C16H27IN4. The molecule has 0 spiro atoms. The van der Waals surface area contributed by atoms with Crippen LogP contribution in [0.2, 0.25) is 0 Å². The lowest BCUT2D eigenvalue weighted by molar-refractivity contribution is 0.576. The van der Waals surface area contributed by atoms with Gasteiger partial charge in [-0.2, -0.15) is 0 Å². The lowest BCUT2D eigenvalue weighted by atomic mass is 10.1. The SMILES string of the molecule is CC(C)NC(N)=NCc1ccccc1N1CCCCC1.I. The van der Waals surface area contributed by atoms with Crippen LogP contribution >= 0.6 is 24.0 Å². The van der Waals surface area contributed by atoms with Gasteiger partial charge in [-0.05, 0) is 44.7 Å². The standard InChI is InChI=1S/C16H26N4.HI/c1-13(2)19-16(17)18-12-14-8-4-5-9-15(14)20-10-6-3-7-11-20;/h4-5,8-9,13H,3,6-7,10-12H2,1-2H3,(H3,17,18,19);1H. The van der Waals surface area contributed by atoms with Crippen LogP contribution in [0.5, 0.6) is 0 Å². The molecule has 3 N–H and O–H groups in total. The lowest BCUT2D eigenvalue weighted by Crippen LogP contribution is -2.36. The van der Waals surface area contributed by atoms with E-state index in [4.69, 9.17) is 5.73 Å². The summed E-state index contributed by atoms with van der Waals surface area (Å²) in [4.78, 5) is 6.92. The van der Waals surface area contributed by atoms with E-state index in [1.54, 1.807) is 0 Å². The van der Waals surface area contributed by atoms with Crippen molar-refractivity contribution in [1.82, 2.24) is 5.32 Å². The fourth-order valence-corrected chi connectivity index (χ4v) is 2.60. The van der Waals surface area contributed by atoms with Gasteiger partial charge in [-0.3, -0.25) is 0 Å². The van der Waals surface area contributed by atoms with E-state index >= 15 is 0 Å². The van der Waals surface area contributed by atoms with E-state index in [9.17, 15) is 0 Å². The Morgan fingerprint density at radius 3 is 2.57 bits per heavy atom. The molecule has 0 atom stereocenters. The van der Waals surface area contributed by atoms with Gasteiger partial charge in [0.15, 0.2) is 5.96 Å². The van der Waals surface area contributed by atoms with Crippen molar-refractivity contribution in [3.63, 3.8) is 0 Å². The summed E-state index contributed by atoms with van der Waals surface area (Å²) in [6, 6.07) is 8.84. The largest absolute Gasteiger partial charge is 0.371 e. The van der Waals surface area contributed by atoms with Gasteiger partial charge >= 0.3 is 0 Å². The molecule has 0 amide bonds. The molecule has 1 saturated heterocycles. The van der Waals surface area contributed by atoms with Crippen molar-refractivity contribution < 1.29 is 0 Å². The second-order valence-electron chi connectivity index (χ2n) is 5.68. The number of guanidine groups is 1. The minimum atomic E-state index is 0. The molecule has 5 heteroatoms. The third-order valence-electron chi connectivity index (χ3n) is 3.54. The van der Waals surface area contributed by atoms with E-state index in [1.807, 2.05) is 0 Å². The lowest BCUT2D eigenvalue weighted by Gasteiger charge is -2.30. The number of halogens is 1. The molecule has 21 heavy (non-hydrogen) atoms. The smallest absolute Gasteiger partial charge is 0.189 e. The Kier molecular flexibility index (Phi) is 7.85. The van der Waals surface area contributed by atoms with Crippen molar-refractivity contribution in [3.05, 3.63) is 29.8 Å². The zero-order valence-corrected chi connectivity index (χ0v) is 15.3. The first kappa shape index (κ1) is 18.1. The molecule has 2 rings (SSSR count). The highest BCUT2D eigenvalue weighted by molar-refractivity contribution is 14.0. The van der Waals surface area contributed by atoms with Gasteiger partial charge in [0.05, 0.1) is 6.54 Å². The molecule has 1 heterocycles. The summed E-state index contributed by atoms with van der Waals surface area (Å²) < 4.78 is 0. The van der Waals surface area contributed by atoms with E-state index in [0.29, 0.717) is 18.5 Å². The molecule has 1 aromatic carbocycles. The Balaban J connectivity index is 0.00000220. The molecule has 4 nitrogen and oxygen atoms in total. The number of anilines is 1. The summed E-state index contributed by atoms with van der Waals surface area (Å²) in [6.45, 7) is 7.06. The number of aliphatic imine (C=N–C) groups is 1. The number of nitrogens with zero attached hydrogens (tertiary/aromatic N) is 2. The average Bonchev–Trinajstić information content (AvgIpc) is 2.46. The van der Waals surface area contributed by atoms with Crippen LogP contribution in [0.15, 0.2) is 29.3 Å². The second-order valence-corrected chi connectivity index (χ2v) is 5.68. The minimum absolute atomic E-state index is 0. The first-order chi connectivity index (χ1) is 9.66. The number of nitrogens with two attached hydrogens (primary N) is 1. The summed E-state index contributed by atoms with van der Waals surface area (Å²) in [5, 5.41) is 3.13. The first-order valence-electron chi connectivity index (χ1n) is 7.56. The van der Waals surface area contributed by atoms with Crippen molar-refractivity contribution in [2.75, 3.05) is 18.0 Å². The summed E-state index contributed by atoms with van der Waals surface area (Å²) >= 11 is 0. The molecule has 0 bridgehead atoms. The highest BCUT2D eigenvalue weighted by Crippen LogP contribution is 2.24. The van der Waals surface area contributed by atoms with Crippen LogP contribution in [0.1, 0.15) is 38.7 Å². The van der Waals surface area contributed by atoms with Gasteiger partial charge in [0.1, 0.15) is 0 Å². The number of rotatable bonds is 4. The van der Waals surface area contributed by atoms with Crippen molar-refractivity contribution in [1.29, 1.82) is 0 Å². The van der Waals surface area contributed by atoms with Crippen LogP contribution in [-0.2, 0) is 6.54 Å².